The Hall–Kier alpha value is -3.49. The number of pyridine rings is 1. The predicted molar refractivity (Wildman–Crippen MR) is 121 cm³/mol. The van der Waals surface area contributed by atoms with Gasteiger partial charge in [-0.1, -0.05) is 42.5 Å². The number of halogens is 1. The number of rotatable bonds is 6. The van der Waals surface area contributed by atoms with E-state index in [2.05, 4.69) is 15.2 Å². The first-order chi connectivity index (χ1) is 15.5. The van der Waals surface area contributed by atoms with Gasteiger partial charge < -0.3 is 25.8 Å². The van der Waals surface area contributed by atoms with Crippen molar-refractivity contribution >= 4 is 17.4 Å². The first-order valence-electron chi connectivity index (χ1n) is 10.4. The second kappa shape index (κ2) is 9.76. The fourth-order valence-electron chi connectivity index (χ4n) is 3.80. The summed E-state index contributed by atoms with van der Waals surface area (Å²) in [5.41, 5.74) is 9.02. The number of aromatic nitrogens is 1. The van der Waals surface area contributed by atoms with E-state index in [0.29, 0.717) is 35.5 Å². The summed E-state index contributed by atoms with van der Waals surface area (Å²) < 4.78 is 19.8. The van der Waals surface area contributed by atoms with Crippen molar-refractivity contribution in [3.05, 3.63) is 78.0 Å². The van der Waals surface area contributed by atoms with E-state index in [9.17, 15) is 14.3 Å². The molecule has 1 aliphatic rings. The maximum Gasteiger partial charge on any atom is 0.251 e. The predicted octanol–water partition coefficient (Wildman–Crippen LogP) is 2.93. The highest BCUT2D eigenvalue weighted by Crippen LogP contribution is 2.35. The molecule has 0 saturated carbocycles. The van der Waals surface area contributed by atoms with E-state index >= 15 is 0 Å². The quantitative estimate of drug-likeness (QED) is 0.549. The van der Waals surface area contributed by atoms with Crippen LogP contribution in [0, 0.1) is 0 Å². The van der Waals surface area contributed by atoms with Crippen LogP contribution < -0.4 is 16.0 Å². The number of alkyl halides is 1. The van der Waals surface area contributed by atoms with Crippen LogP contribution >= 0.6 is 0 Å². The summed E-state index contributed by atoms with van der Waals surface area (Å²) in [4.78, 5) is 19.1. The molecule has 8 heteroatoms. The van der Waals surface area contributed by atoms with Crippen molar-refractivity contribution < 1.29 is 19.0 Å². The number of nitrogen functional groups attached to an aromatic ring is 1. The number of aliphatic hydroxyl groups is 1. The third kappa shape index (κ3) is 4.71. The molecule has 0 unspecified atom stereocenters. The lowest BCUT2D eigenvalue weighted by Crippen LogP contribution is -2.36. The second-order valence-corrected chi connectivity index (χ2v) is 7.50. The number of anilines is 2. The largest absolute Gasteiger partial charge is 0.383 e. The van der Waals surface area contributed by atoms with Crippen molar-refractivity contribution in [2.75, 3.05) is 36.9 Å². The van der Waals surface area contributed by atoms with Crippen molar-refractivity contribution in [3.8, 4) is 11.1 Å². The van der Waals surface area contributed by atoms with Gasteiger partial charge in [0, 0.05) is 24.2 Å². The molecule has 2 aromatic carbocycles. The highest BCUT2D eigenvalue weighted by molar-refractivity contribution is 5.94. The Morgan fingerprint density at radius 1 is 1.09 bits per heavy atom. The molecule has 0 aliphatic carbocycles. The molecular weight excluding hydrogens is 411 g/mol. The molecule has 0 bridgehead atoms. The zero-order chi connectivity index (χ0) is 22.5. The van der Waals surface area contributed by atoms with E-state index < -0.39 is 18.3 Å². The number of aliphatic hydroxyl groups excluding tert-OH is 1. The van der Waals surface area contributed by atoms with Gasteiger partial charge in [-0.3, -0.25) is 4.79 Å². The number of ether oxygens (including phenoxy) is 1. The molecule has 1 aromatic heterocycles. The van der Waals surface area contributed by atoms with E-state index in [0.717, 1.165) is 18.8 Å². The standard InChI is InChI=1S/C24H25FN4O3/c25-22(30)21(28-24(31)16-6-2-1-3-7-16)19-9-5-4-8-18(19)20-14-17(15-27-23(20)26)29-10-12-32-13-11-29/h1-9,14-15,21-22,30H,10-13H2,(H2,26,27)(H,28,31)/t21-,22+/m0/s1. The molecule has 1 aliphatic heterocycles. The highest BCUT2D eigenvalue weighted by Gasteiger charge is 2.27. The van der Waals surface area contributed by atoms with E-state index in [1.54, 1.807) is 60.8 Å². The number of hydrogen-bond donors (Lipinski definition) is 3. The number of amides is 1. The van der Waals surface area contributed by atoms with Gasteiger partial charge in [-0.2, -0.15) is 0 Å². The molecule has 7 nitrogen and oxygen atoms in total. The van der Waals surface area contributed by atoms with Gasteiger partial charge in [-0.05, 0) is 29.3 Å². The molecule has 3 aromatic rings. The monoisotopic (exact) mass is 436 g/mol. The van der Waals surface area contributed by atoms with Crippen LogP contribution in [0.2, 0.25) is 0 Å². The van der Waals surface area contributed by atoms with Gasteiger partial charge in [-0.15, -0.1) is 0 Å². The summed E-state index contributed by atoms with van der Waals surface area (Å²) in [5, 5.41) is 12.5. The maximum absolute atomic E-state index is 14.4. The van der Waals surface area contributed by atoms with Crippen molar-refractivity contribution in [3.63, 3.8) is 0 Å². The summed E-state index contributed by atoms with van der Waals surface area (Å²) >= 11 is 0. The minimum atomic E-state index is -2.32. The Morgan fingerprint density at radius 2 is 1.78 bits per heavy atom. The lowest BCUT2D eigenvalue weighted by Gasteiger charge is -2.29. The molecule has 166 valence electrons. The topological polar surface area (TPSA) is 101 Å². The molecule has 32 heavy (non-hydrogen) atoms. The molecule has 2 heterocycles. The van der Waals surface area contributed by atoms with Gasteiger partial charge in [0.15, 0.2) is 0 Å². The smallest absolute Gasteiger partial charge is 0.251 e. The zero-order valence-corrected chi connectivity index (χ0v) is 17.4. The van der Waals surface area contributed by atoms with Crippen LogP contribution in [-0.4, -0.2) is 48.7 Å². The average Bonchev–Trinajstić information content (AvgIpc) is 2.84. The van der Waals surface area contributed by atoms with Crippen LogP contribution in [0.5, 0.6) is 0 Å². The van der Waals surface area contributed by atoms with E-state index in [4.69, 9.17) is 10.5 Å². The first kappa shape index (κ1) is 21.7. The summed E-state index contributed by atoms with van der Waals surface area (Å²) in [5.74, 6) is -0.216. The molecule has 0 radical (unpaired) electrons. The Bertz CT molecular complexity index is 1070. The number of carbonyl (C=O) groups excluding carboxylic acids is 1. The van der Waals surface area contributed by atoms with Gasteiger partial charge in [0.25, 0.3) is 5.91 Å². The summed E-state index contributed by atoms with van der Waals surface area (Å²) in [6.45, 7) is 2.70. The lowest BCUT2D eigenvalue weighted by atomic mass is 9.94. The van der Waals surface area contributed by atoms with Crippen molar-refractivity contribution in [2.24, 2.45) is 0 Å². The van der Waals surface area contributed by atoms with Gasteiger partial charge in [0.1, 0.15) is 11.9 Å². The average molecular weight is 436 g/mol. The third-order valence-corrected chi connectivity index (χ3v) is 5.46. The Balaban J connectivity index is 1.70. The second-order valence-electron chi connectivity index (χ2n) is 7.50. The van der Waals surface area contributed by atoms with Crippen LogP contribution in [-0.2, 0) is 4.74 Å². The maximum atomic E-state index is 14.4. The number of nitrogens with zero attached hydrogens (tertiary/aromatic N) is 2. The van der Waals surface area contributed by atoms with Crippen molar-refractivity contribution in [1.82, 2.24) is 10.3 Å². The third-order valence-electron chi connectivity index (χ3n) is 5.46. The molecule has 4 N–H and O–H groups in total. The van der Waals surface area contributed by atoms with Crippen LogP contribution in [0.1, 0.15) is 22.0 Å². The normalized spacial score (nSPS) is 15.8. The minimum absolute atomic E-state index is 0.274. The van der Waals surface area contributed by atoms with Crippen LogP contribution in [0.3, 0.4) is 0 Å². The Morgan fingerprint density at radius 3 is 2.50 bits per heavy atom. The lowest BCUT2D eigenvalue weighted by molar-refractivity contribution is 0.00653. The number of nitrogens with two attached hydrogens (primary N) is 1. The minimum Gasteiger partial charge on any atom is -0.383 e. The Labute approximate surface area is 185 Å². The number of benzene rings is 2. The van der Waals surface area contributed by atoms with Gasteiger partial charge >= 0.3 is 0 Å². The summed E-state index contributed by atoms with van der Waals surface area (Å²) in [6, 6.07) is 16.0. The van der Waals surface area contributed by atoms with E-state index in [1.165, 1.54) is 0 Å². The SMILES string of the molecule is Nc1ncc(N2CCOCC2)cc1-c1ccccc1[C@H](NC(=O)c1ccccc1)[C@@H](O)F. The van der Waals surface area contributed by atoms with Crippen LogP contribution in [0.4, 0.5) is 15.9 Å². The molecule has 2 atom stereocenters. The molecular formula is C24H25FN4O3. The van der Waals surface area contributed by atoms with Crippen molar-refractivity contribution in [1.29, 1.82) is 0 Å². The van der Waals surface area contributed by atoms with Gasteiger partial charge in [0.2, 0.25) is 6.36 Å². The van der Waals surface area contributed by atoms with Crippen LogP contribution in [0.15, 0.2) is 66.9 Å². The molecule has 4 rings (SSSR count). The fraction of sp³-hybridized carbons (Fsp3) is 0.250. The van der Waals surface area contributed by atoms with E-state index in [-0.39, 0.29) is 5.82 Å². The molecule has 0 spiro atoms. The van der Waals surface area contributed by atoms with E-state index in [1.807, 2.05) is 6.07 Å². The Kier molecular flexibility index (Phi) is 6.63. The summed E-state index contributed by atoms with van der Waals surface area (Å²) in [6.07, 6.45) is -0.619. The fourth-order valence-corrected chi connectivity index (χ4v) is 3.80. The van der Waals surface area contributed by atoms with Gasteiger partial charge in [-0.25, -0.2) is 9.37 Å². The number of hydrogen-bond acceptors (Lipinski definition) is 6. The number of nitrogens with one attached hydrogen (secondary N) is 1. The highest BCUT2D eigenvalue weighted by atomic mass is 19.1. The summed E-state index contributed by atoms with van der Waals surface area (Å²) in [7, 11) is 0. The first-order valence-corrected chi connectivity index (χ1v) is 10.4. The molecule has 1 saturated heterocycles. The van der Waals surface area contributed by atoms with Gasteiger partial charge in [0.05, 0.1) is 25.1 Å². The number of carbonyl (C=O) groups is 1. The molecule has 1 fully saturated rings. The van der Waals surface area contributed by atoms with Crippen LogP contribution in [0.25, 0.3) is 11.1 Å². The number of morpholine rings is 1. The molecule has 1 amide bonds. The zero-order valence-electron chi connectivity index (χ0n) is 17.4. The van der Waals surface area contributed by atoms with Crippen molar-refractivity contribution in [2.45, 2.75) is 12.4 Å².